The van der Waals surface area contributed by atoms with Gasteiger partial charge in [0.25, 0.3) is 0 Å². The molecular formula is C15H30N2O. The minimum atomic E-state index is 0.297. The molecule has 2 aliphatic rings. The van der Waals surface area contributed by atoms with Crippen molar-refractivity contribution in [2.45, 2.75) is 65.1 Å². The third kappa shape index (κ3) is 2.45. The summed E-state index contributed by atoms with van der Waals surface area (Å²) in [7, 11) is 0. The van der Waals surface area contributed by atoms with Crippen molar-refractivity contribution in [2.75, 3.05) is 26.2 Å². The quantitative estimate of drug-likeness (QED) is 0.833. The van der Waals surface area contributed by atoms with Crippen molar-refractivity contribution in [3.05, 3.63) is 0 Å². The summed E-state index contributed by atoms with van der Waals surface area (Å²) in [5, 5.41) is 3.67. The Morgan fingerprint density at radius 1 is 1.28 bits per heavy atom. The Labute approximate surface area is 112 Å². The summed E-state index contributed by atoms with van der Waals surface area (Å²) >= 11 is 0. The maximum absolute atomic E-state index is 5.85. The van der Waals surface area contributed by atoms with Crippen LogP contribution in [0.4, 0.5) is 0 Å². The number of piperazine rings is 1. The Bertz CT molecular complexity index is 292. The molecule has 2 rings (SSSR count). The molecular weight excluding hydrogens is 224 g/mol. The smallest absolute Gasteiger partial charge is 0.0655 e. The van der Waals surface area contributed by atoms with E-state index in [2.05, 4.69) is 44.8 Å². The van der Waals surface area contributed by atoms with Crippen LogP contribution in [0.1, 0.15) is 47.5 Å². The Kier molecular flexibility index (Phi) is 4.05. The monoisotopic (exact) mass is 254 g/mol. The molecule has 0 bridgehead atoms. The van der Waals surface area contributed by atoms with Gasteiger partial charge in [-0.25, -0.2) is 0 Å². The largest absolute Gasteiger partial charge is 0.378 e. The average molecular weight is 254 g/mol. The number of hydrogen-bond donors (Lipinski definition) is 1. The Balaban J connectivity index is 1.97. The molecule has 3 heteroatoms. The molecule has 0 aromatic carbocycles. The first-order valence-electron chi connectivity index (χ1n) is 7.53. The van der Waals surface area contributed by atoms with Crippen molar-refractivity contribution in [2.24, 2.45) is 5.41 Å². The van der Waals surface area contributed by atoms with Gasteiger partial charge in [0.1, 0.15) is 0 Å². The first kappa shape index (κ1) is 14.3. The van der Waals surface area contributed by atoms with Gasteiger partial charge in [-0.15, -0.1) is 0 Å². The third-order valence-electron chi connectivity index (χ3n) is 5.22. The van der Waals surface area contributed by atoms with Gasteiger partial charge in [-0.2, -0.15) is 0 Å². The van der Waals surface area contributed by atoms with E-state index < -0.39 is 0 Å². The van der Waals surface area contributed by atoms with E-state index in [1.54, 1.807) is 0 Å². The SMILES string of the molecule is CCOC1CC(N2CCNC(C)(CC)C2)C1(C)C. The molecule has 0 amide bonds. The number of ether oxygens (including phenoxy) is 1. The predicted molar refractivity (Wildman–Crippen MR) is 75.9 cm³/mol. The molecule has 0 aromatic rings. The molecule has 1 heterocycles. The van der Waals surface area contributed by atoms with Crippen molar-refractivity contribution >= 4 is 0 Å². The summed E-state index contributed by atoms with van der Waals surface area (Å²) in [6.07, 6.45) is 2.86. The molecule has 3 atom stereocenters. The van der Waals surface area contributed by atoms with Crippen molar-refractivity contribution in [3.63, 3.8) is 0 Å². The lowest BCUT2D eigenvalue weighted by Gasteiger charge is -2.58. The normalized spacial score (nSPS) is 40.5. The standard InChI is InChI=1S/C15H30N2O/c1-6-15(5)11-17(9-8-16-15)12-10-13(18-7-2)14(12,3)4/h12-13,16H,6-11H2,1-5H3. The van der Waals surface area contributed by atoms with Crippen LogP contribution in [0.25, 0.3) is 0 Å². The van der Waals surface area contributed by atoms with E-state index >= 15 is 0 Å². The second kappa shape index (κ2) is 5.10. The zero-order valence-electron chi connectivity index (χ0n) is 12.8. The molecule has 2 fully saturated rings. The minimum Gasteiger partial charge on any atom is -0.378 e. The van der Waals surface area contributed by atoms with E-state index in [4.69, 9.17) is 4.74 Å². The zero-order valence-corrected chi connectivity index (χ0v) is 12.8. The van der Waals surface area contributed by atoms with Gasteiger partial charge in [0.2, 0.25) is 0 Å². The molecule has 0 aromatic heterocycles. The molecule has 1 saturated heterocycles. The van der Waals surface area contributed by atoms with E-state index in [0.717, 1.165) is 13.2 Å². The van der Waals surface area contributed by atoms with Crippen molar-refractivity contribution in [1.82, 2.24) is 10.2 Å². The van der Waals surface area contributed by atoms with Crippen molar-refractivity contribution < 1.29 is 4.74 Å². The maximum atomic E-state index is 5.85. The van der Waals surface area contributed by atoms with E-state index in [9.17, 15) is 0 Å². The predicted octanol–water partition coefficient (Wildman–Crippen LogP) is 2.26. The van der Waals surface area contributed by atoms with E-state index in [-0.39, 0.29) is 0 Å². The average Bonchev–Trinajstić information content (AvgIpc) is 2.34. The summed E-state index contributed by atoms with van der Waals surface area (Å²) in [6, 6.07) is 0.696. The topological polar surface area (TPSA) is 24.5 Å². The molecule has 1 aliphatic heterocycles. The van der Waals surface area contributed by atoms with Crippen molar-refractivity contribution in [1.29, 1.82) is 0 Å². The highest BCUT2D eigenvalue weighted by Crippen LogP contribution is 2.46. The van der Waals surface area contributed by atoms with Crippen LogP contribution < -0.4 is 5.32 Å². The van der Waals surface area contributed by atoms with Gasteiger partial charge in [-0.1, -0.05) is 20.8 Å². The molecule has 0 radical (unpaired) electrons. The summed E-state index contributed by atoms with van der Waals surface area (Å²) in [6.45, 7) is 15.8. The molecule has 106 valence electrons. The molecule has 3 unspecified atom stereocenters. The fourth-order valence-corrected chi connectivity index (χ4v) is 3.56. The maximum Gasteiger partial charge on any atom is 0.0655 e. The lowest BCUT2D eigenvalue weighted by atomic mass is 9.63. The highest BCUT2D eigenvalue weighted by molar-refractivity contribution is 5.06. The molecule has 1 saturated carbocycles. The summed E-state index contributed by atoms with van der Waals surface area (Å²) < 4.78 is 5.85. The highest BCUT2D eigenvalue weighted by atomic mass is 16.5. The number of nitrogens with zero attached hydrogens (tertiary/aromatic N) is 1. The van der Waals surface area contributed by atoms with Crippen LogP contribution in [-0.4, -0.2) is 48.8 Å². The van der Waals surface area contributed by atoms with Crippen LogP contribution in [-0.2, 0) is 4.74 Å². The van der Waals surface area contributed by atoms with Gasteiger partial charge in [0, 0.05) is 43.2 Å². The van der Waals surface area contributed by atoms with Crippen LogP contribution in [0.15, 0.2) is 0 Å². The Hall–Kier alpha value is -0.120. The fraction of sp³-hybridized carbons (Fsp3) is 1.00. The molecule has 0 spiro atoms. The van der Waals surface area contributed by atoms with E-state index in [1.807, 2.05) is 0 Å². The lowest BCUT2D eigenvalue weighted by Crippen LogP contribution is -2.68. The molecule has 1 N–H and O–H groups in total. The first-order chi connectivity index (χ1) is 8.43. The van der Waals surface area contributed by atoms with Gasteiger partial charge >= 0.3 is 0 Å². The first-order valence-corrected chi connectivity index (χ1v) is 7.53. The highest BCUT2D eigenvalue weighted by Gasteiger charge is 2.52. The zero-order chi connectivity index (χ0) is 13.4. The molecule has 3 nitrogen and oxygen atoms in total. The van der Waals surface area contributed by atoms with Crippen LogP contribution in [0.3, 0.4) is 0 Å². The van der Waals surface area contributed by atoms with E-state index in [0.29, 0.717) is 23.1 Å². The van der Waals surface area contributed by atoms with Gasteiger partial charge in [0.15, 0.2) is 0 Å². The Morgan fingerprint density at radius 2 is 2.00 bits per heavy atom. The van der Waals surface area contributed by atoms with Crippen LogP contribution in [0.5, 0.6) is 0 Å². The van der Waals surface area contributed by atoms with Crippen LogP contribution >= 0.6 is 0 Å². The second-order valence-corrected chi connectivity index (χ2v) is 6.83. The van der Waals surface area contributed by atoms with Crippen LogP contribution in [0.2, 0.25) is 0 Å². The van der Waals surface area contributed by atoms with E-state index in [1.165, 1.54) is 25.9 Å². The summed E-state index contributed by atoms with van der Waals surface area (Å²) in [4.78, 5) is 2.69. The second-order valence-electron chi connectivity index (χ2n) is 6.83. The van der Waals surface area contributed by atoms with Gasteiger partial charge < -0.3 is 10.1 Å². The van der Waals surface area contributed by atoms with Crippen LogP contribution in [0, 0.1) is 5.41 Å². The fourth-order valence-electron chi connectivity index (χ4n) is 3.56. The van der Waals surface area contributed by atoms with Gasteiger partial charge in [-0.3, -0.25) is 4.90 Å². The summed E-state index contributed by atoms with van der Waals surface area (Å²) in [5.74, 6) is 0. The van der Waals surface area contributed by atoms with Gasteiger partial charge in [0.05, 0.1) is 6.10 Å². The number of hydrogen-bond acceptors (Lipinski definition) is 3. The third-order valence-corrected chi connectivity index (χ3v) is 5.22. The number of rotatable bonds is 4. The van der Waals surface area contributed by atoms with Gasteiger partial charge in [-0.05, 0) is 26.7 Å². The Morgan fingerprint density at radius 3 is 2.56 bits per heavy atom. The number of nitrogens with one attached hydrogen (secondary N) is 1. The molecule has 18 heavy (non-hydrogen) atoms. The minimum absolute atomic E-state index is 0.297. The molecule has 1 aliphatic carbocycles. The van der Waals surface area contributed by atoms with Crippen molar-refractivity contribution in [3.8, 4) is 0 Å². The summed E-state index contributed by atoms with van der Waals surface area (Å²) in [5.41, 5.74) is 0.604. The lowest BCUT2D eigenvalue weighted by molar-refractivity contribution is -0.156.